The average Bonchev–Trinajstić information content (AvgIpc) is 2.66. The van der Waals surface area contributed by atoms with Crippen LogP contribution in [0.2, 0.25) is 0 Å². The van der Waals surface area contributed by atoms with Crippen LogP contribution in [-0.4, -0.2) is 40.5 Å². The van der Waals surface area contributed by atoms with Crippen LogP contribution >= 0.6 is 7.60 Å². The van der Waals surface area contributed by atoms with Crippen LogP contribution in [0.1, 0.15) is 90.4 Å². The number of unbranched alkanes of at least 4 members (excludes halogenated alkanes) is 4. The van der Waals surface area contributed by atoms with Crippen molar-refractivity contribution in [3.05, 3.63) is 23.5 Å². The lowest BCUT2D eigenvalue weighted by Gasteiger charge is -2.39. The Morgan fingerprint density at radius 1 is 0.828 bits per heavy atom. The van der Waals surface area contributed by atoms with Crippen LogP contribution in [0, 0.1) is 13.8 Å². The molecule has 0 aliphatic heterocycles. The van der Waals surface area contributed by atoms with E-state index < -0.39 is 7.60 Å². The highest BCUT2D eigenvalue weighted by Crippen LogP contribution is 2.27. The van der Waals surface area contributed by atoms with Gasteiger partial charge < -0.3 is 18.8 Å². The van der Waals surface area contributed by atoms with E-state index in [-0.39, 0.29) is 5.30 Å². The Hall–Kier alpha value is -0.740. The molecule has 1 rings (SSSR count). The molecule has 29 heavy (non-hydrogen) atoms. The van der Waals surface area contributed by atoms with Gasteiger partial charge in [0.2, 0.25) is 0 Å². The van der Waals surface area contributed by atoms with Crippen LogP contribution in [0.4, 0.5) is 0 Å². The molecule has 1 aromatic heterocycles. The first-order valence-electron chi connectivity index (χ1n) is 11.5. The SMILES string of the molecule is CCCC[N+](CCCC)(CCCC)CCCC.Cc1cc(P(=O)([O-])O)cc(C)n1. The molecule has 1 heterocycles. The summed E-state index contributed by atoms with van der Waals surface area (Å²) in [5.74, 6) is 0. The zero-order valence-corrected chi connectivity index (χ0v) is 20.6. The lowest BCUT2D eigenvalue weighted by Crippen LogP contribution is -2.50. The Bertz CT molecular complexity index is 544. The van der Waals surface area contributed by atoms with Gasteiger partial charge in [0, 0.05) is 16.7 Å². The molecule has 170 valence electrons. The number of nitrogens with zero attached hydrogens (tertiary/aromatic N) is 2. The van der Waals surface area contributed by atoms with Crippen molar-refractivity contribution in [3.63, 3.8) is 0 Å². The fourth-order valence-electron chi connectivity index (χ4n) is 3.62. The van der Waals surface area contributed by atoms with E-state index in [1.165, 1.54) is 94.2 Å². The standard InChI is InChI=1S/C16H36N.C7H10NO3P/c1-5-9-13-17(14-10-6-2,15-11-7-3)16-12-8-4;1-5-3-7(12(9,10)11)4-6(2)8-5/h5-16H2,1-4H3;3-4H,1-2H3,(H2,9,10,11)/q+1;/p-1. The van der Waals surface area contributed by atoms with Gasteiger partial charge in [0.15, 0.2) is 7.60 Å². The van der Waals surface area contributed by atoms with Gasteiger partial charge in [-0.15, -0.1) is 0 Å². The smallest absolute Gasteiger partial charge is 0.162 e. The Morgan fingerprint density at radius 3 is 1.38 bits per heavy atom. The molecule has 0 fully saturated rings. The summed E-state index contributed by atoms with van der Waals surface area (Å²) in [7, 11) is -4.36. The number of pyridine rings is 1. The third-order valence-electron chi connectivity index (χ3n) is 5.34. The quantitative estimate of drug-likeness (QED) is 0.359. The Labute approximate surface area is 179 Å². The van der Waals surface area contributed by atoms with E-state index in [1.54, 1.807) is 13.8 Å². The second kappa shape index (κ2) is 15.1. The molecule has 0 aromatic carbocycles. The van der Waals surface area contributed by atoms with Crippen molar-refractivity contribution in [2.24, 2.45) is 0 Å². The van der Waals surface area contributed by atoms with Crippen LogP contribution in [0.5, 0.6) is 0 Å². The molecule has 0 aliphatic carbocycles. The Kier molecular flexibility index (Phi) is 14.7. The van der Waals surface area contributed by atoms with Crippen LogP contribution in [-0.2, 0) is 4.57 Å². The first kappa shape index (κ1) is 28.3. The summed E-state index contributed by atoms with van der Waals surface area (Å²) in [5, 5.41) is -0.0764. The number of aromatic nitrogens is 1. The molecular weight excluding hydrogens is 383 g/mol. The lowest BCUT2D eigenvalue weighted by atomic mass is 10.1. The van der Waals surface area contributed by atoms with Crippen molar-refractivity contribution >= 4 is 12.9 Å². The van der Waals surface area contributed by atoms with E-state index in [2.05, 4.69) is 32.7 Å². The van der Waals surface area contributed by atoms with Crippen molar-refractivity contribution in [1.29, 1.82) is 0 Å². The first-order chi connectivity index (χ1) is 13.6. The van der Waals surface area contributed by atoms with Crippen molar-refractivity contribution in [2.45, 2.75) is 92.9 Å². The van der Waals surface area contributed by atoms with Gasteiger partial charge in [0.1, 0.15) is 0 Å². The van der Waals surface area contributed by atoms with E-state index in [0.717, 1.165) is 0 Å². The van der Waals surface area contributed by atoms with Crippen LogP contribution in [0.3, 0.4) is 0 Å². The van der Waals surface area contributed by atoms with Crippen molar-refractivity contribution in [3.8, 4) is 0 Å². The van der Waals surface area contributed by atoms with Gasteiger partial charge in [0.25, 0.3) is 0 Å². The van der Waals surface area contributed by atoms with Gasteiger partial charge in [-0.3, -0.25) is 4.98 Å². The number of quaternary nitrogens is 1. The number of rotatable bonds is 13. The Balaban J connectivity index is 0.000000571. The van der Waals surface area contributed by atoms with Crippen LogP contribution in [0.25, 0.3) is 0 Å². The molecular formula is C23H45N2O3P. The molecule has 0 spiro atoms. The summed E-state index contributed by atoms with van der Waals surface area (Å²) in [6, 6.07) is 2.67. The second-order valence-corrected chi connectivity index (χ2v) is 9.84. The minimum atomic E-state index is -4.36. The minimum absolute atomic E-state index is 0.0764. The monoisotopic (exact) mass is 428 g/mol. The van der Waals surface area contributed by atoms with Gasteiger partial charge in [-0.2, -0.15) is 0 Å². The lowest BCUT2D eigenvalue weighted by molar-refractivity contribution is -0.929. The van der Waals surface area contributed by atoms with E-state index in [0.29, 0.717) is 11.4 Å². The predicted octanol–water partition coefficient (Wildman–Crippen LogP) is 4.87. The highest BCUT2D eigenvalue weighted by molar-refractivity contribution is 7.58. The summed E-state index contributed by atoms with van der Waals surface area (Å²) in [5.41, 5.74) is 1.16. The normalized spacial score (nSPS) is 13.5. The molecule has 1 atom stereocenters. The van der Waals surface area contributed by atoms with Gasteiger partial charge in [-0.1, -0.05) is 53.4 Å². The fourth-order valence-corrected chi connectivity index (χ4v) is 4.32. The zero-order chi connectivity index (χ0) is 22.3. The number of aryl methyl sites for hydroxylation is 2. The largest absolute Gasteiger partial charge is 0.775 e. The molecule has 0 saturated heterocycles. The highest BCUT2D eigenvalue weighted by Gasteiger charge is 2.24. The molecule has 1 unspecified atom stereocenters. The third-order valence-corrected chi connectivity index (χ3v) is 6.25. The van der Waals surface area contributed by atoms with Gasteiger partial charge in [-0.25, -0.2) is 0 Å². The highest BCUT2D eigenvalue weighted by atomic mass is 31.2. The molecule has 0 aliphatic rings. The first-order valence-corrected chi connectivity index (χ1v) is 13.1. The average molecular weight is 429 g/mol. The van der Waals surface area contributed by atoms with Gasteiger partial charge in [0.05, 0.1) is 26.2 Å². The van der Waals surface area contributed by atoms with E-state index in [4.69, 9.17) is 4.89 Å². The molecule has 0 bridgehead atoms. The molecule has 1 aromatic rings. The van der Waals surface area contributed by atoms with E-state index in [1.807, 2.05) is 0 Å². The molecule has 6 heteroatoms. The number of hydrogen-bond donors (Lipinski definition) is 1. The minimum Gasteiger partial charge on any atom is -0.775 e. The van der Waals surface area contributed by atoms with Gasteiger partial charge in [-0.05, 0) is 51.7 Å². The molecule has 5 nitrogen and oxygen atoms in total. The summed E-state index contributed by atoms with van der Waals surface area (Å²) in [6.07, 6.45) is 11.1. The van der Waals surface area contributed by atoms with Crippen LogP contribution < -0.4 is 10.2 Å². The maximum absolute atomic E-state index is 10.7. The summed E-state index contributed by atoms with van der Waals surface area (Å²) < 4.78 is 12.1. The Morgan fingerprint density at radius 2 is 1.14 bits per heavy atom. The second-order valence-electron chi connectivity index (χ2n) is 8.28. The third kappa shape index (κ3) is 12.5. The summed E-state index contributed by atoms with van der Waals surface area (Å²) >= 11 is 0. The number of hydrogen-bond acceptors (Lipinski definition) is 3. The predicted molar refractivity (Wildman–Crippen MR) is 123 cm³/mol. The molecule has 0 saturated carbocycles. The maximum Gasteiger partial charge on any atom is 0.162 e. The van der Waals surface area contributed by atoms with E-state index in [9.17, 15) is 9.46 Å². The topological polar surface area (TPSA) is 73.2 Å². The maximum atomic E-state index is 10.7. The molecule has 0 radical (unpaired) electrons. The van der Waals surface area contributed by atoms with Crippen molar-refractivity contribution in [1.82, 2.24) is 4.98 Å². The molecule has 1 N–H and O–H groups in total. The van der Waals surface area contributed by atoms with Crippen LogP contribution in [0.15, 0.2) is 12.1 Å². The van der Waals surface area contributed by atoms with Crippen molar-refractivity contribution < 1.29 is 18.8 Å². The zero-order valence-electron chi connectivity index (χ0n) is 19.7. The van der Waals surface area contributed by atoms with Crippen molar-refractivity contribution in [2.75, 3.05) is 26.2 Å². The fraction of sp³-hybridized carbons (Fsp3) is 0.783. The van der Waals surface area contributed by atoms with Gasteiger partial charge >= 0.3 is 0 Å². The summed E-state index contributed by atoms with van der Waals surface area (Å²) in [4.78, 5) is 23.4. The molecule has 0 amide bonds. The summed E-state index contributed by atoms with van der Waals surface area (Å²) in [6.45, 7) is 18.4. The van der Waals surface area contributed by atoms with E-state index >= 15 is 0 Å².